The summed E-state index contributed by atoms with van der Waals surface area (Å²) in [7, 11) is 0. The van der Waals surface area contributed by atoms with Gasteiger partial charge in [0.15, 0.2) is 0 Å². The van der Waals surface area contributed by atoms with Gasteiger partial charge in [0.1, 0.15) is 11.6 Å². The molecule has 0 N–H and O–H groups in total. The number of anilines is 1. The Hall–Kier alpha value is -2.79. The van der Waals surface area contributed by atoms with Gasteiger partial charge in [-0.15, -0.1) is 0 Å². The van der Waals surface area contributed by atoms with Crippen LogP contribution in [0.2, 0.25) is 5.02 Å². The summed E-state index contributed by atoms with van der Waals surface area (Å²) >= 11 is 6.15. The van der Waals surface area contributed by atoms with Crippen molar-refractivity contribution in [3.8, 4) is 16.9 Å². The summed E-state index contributed by atoms with van der Waals surface area (Å²) in [6, 6.07) is 10.4. The number of aromatic nitrogens is 4. The molecular formula is C28H25ClF2N5NaO3. The Bertz CT molecular complexity index is 1540. The normalized spacial score (nSPS) is 20.1. The summed E-state index contributed by atoms with van der Waals surface area (Å²) in [5.41, 5.74) is 3.78. The van der Waals surface area contributed by atoms with Gasteiger partial charge in [-0.1, -0.05) is 17.7 Å². The molecule has 3 heterocycles. The van der Waals surface area contributed by atoms with E-state index in [2.05, 4.69) is 19.9 Å². The first-order chi connectivity index (χ1) is 18.8. The smallest absolute Gasteiger partial charge is 0.550 e. The maximum atomic E-state index is 13.0. The van der Waals surface area contributed by atoms with E-state index in [0.29, 0.717) is 35.4 Å². The molecule has 4 aromatic rings. The van der Waals surface area contributed by atoms with Crippen molar-refractivity contribution in [3.05, 3.63) is 65.2 Å². The molecule has 1 aliphatic carbocycles. The van der Waals surface area contributed by atoms with Crippen molar-refractivity contribution in [1.29, 1.82) is 0 Å². The number of fused-ring (bicyclic) bond motifs is 3. The molecule has 0 radical (unpaired) electrons. The molecule has 1 saturated carbocycles. The van der Waals surface area contributed by atoms with Crippen LogP contribution in [0.5, 0.6) is 5.75 Å². The van der Waals surface area contributed by atoms with Crippen molar-refractivity contribution in [2.24, 2.45) is 17.8 Å². The summed E-state index contributed by atoms with van der Waals surface area (Å²) in [5.74, 6) is 0.158. The number of rotatable bonds is 7. The second-order valence-electron chi connectivity index (χ2n) is 10.2. The van der Waals surface area contributed by atoms with Crippen LogP contribution in [0.25, 0.3) is 22.2 Å². The molecule has 2 unspecified atom stereocenters. The number of halogens is 3. The number of carbonyl (C=O) groups excluding carboxylic acids is 1. The fraction of sp³-hybridized carbons (Fsp3) is 0.357. The first-order valence-corrected chi connectivity index (χ1v) is 13.1. The van der Waals surface area contributed by atoms with Gasteiger partial charge in [0.2, 0.25) is 5.95 Å². The zero-order valence-electron chi connectivity index (χ0n) is 22.1. The molecule has 2 bridgehead atoms. The number of piperidine rings is 1. The standard InChI is InChI=1S/C28H26ClF2N5O3.Na/c1-15-34-22-6-4-16(9-23(22)36(15)14-19-8-21(29)5-7-24(19)39-27(30)31)20-10-32-28(33-11-20)35-12-17-2-3-18(13-35)25(17)26(37)38;/h4-11,17-18,25,27H,2-3,12-14H2,1H3,(H,37,38);/q;+1/p-1. The van der Waals surface area contributed by atoms with Gasteiger partial charge < -0.3 is 24.1 Å². The molecule has 0 spiro atoms. The van der Waals surface area contributed by atoms with Gasteiger partial charge >= 0.3 is 36.2 Å². The first kappa shape index (κ1) is 28.7. The van der Waals surface area contributed by atoms with Gasteiger partial charge in [0.25, 0.3) is 0 Å². The first-order valence-electron chi connectivity index (χ1n) is 12.7. The van der Waals surface area contributed by atoms with E-state index in [1.165, 1.54) is 12.1 Å². The van der Waals surface area contributed by atoms with Crippen LogP contribution in [0.3, 0.4) is 0 Å². The van der Waals surface area contributed by atoms with Crippen LogP contribution in [0.4, 0.5) is 14.7 Å². The summed E-state index contributed by atoms with van der Waals surface area (Å²) in [4.78, 5) is 27.4. The molecule has 1 saturated heterocycles. The number of imidazole rings is 1. The maximum absolute atomic E-state index is 13.0. The molecule has 2 aromatic heterocycles. The molecule has 202 valence electrons. The summed E-state index contributed by atoms with van der Waals surface area (Å²) in [6.07, 6.45) is 5.29. The van der Waals surface area contributed by atoms with Crippen molar-refractivity contribution >= 4 is 34.6 Å². The van der Waals surface area contributed by atoms with E-state index >= 15 is 0 Å². The largest absolute Gasteiger partial charge is 1.00 e. The molecule has 2 aromatic carbocycles. The molecule has 6 rings (SSSR count). The number of carbonyl (C=O) groups is 1. The zero-order chi connectivity index (χ0) is 27.3. The number of alkyl halides is 2. The number of hydrogen-bond donors (Lipinski definition) is 0. The van der Waals surface area contributed by atoms with Gasteiger partial charge in [-0.25, -0.2) is 15.0 Å². The van der Waals surface area contributed by atoms with Crippen LogP contribution in [-0.4, -0.2) is 45.2 Å². The van der Waals surface area contributed by atoms with Crippen LogP contribution >= 0.6 is 11.6 Å². The minimum atomic E-state index is -2.95. The molecule has 2 aliphatic rings. The molecule has 12 heteroatoms. The van der Waals surface area contributed by atoms with Gasteiger partial charge in [0, 0.05) is 53.5 Å². The average molecular weight is 576 g/mol. The summed E-state index contributed by atoms with van der Waals surface area (Å²) in [5, 5.41) is 12.0. The Balaban J connectivity index is 0.00000323. The SMILES string of the molecule is Cc1nc2ccc(-c3cnc(N4CC5CCC(C4)C5C(=O)[O-])nc3)cc2n1Cc1cc(Cl)ccc1OC(F)F.[Na+]. The minimum Gasteiger partial charge on any atom is -0.550 e. The molecular weight excluding hydrogens is 551 g/mol. The fourth-order valence-electron chi connectivity index (χ4n) is 6.08. The Morgan fingerprint density at radius 3 is 2.45 bits per heavy atom. The third-order valence-electron chi connectivity index (χ3n) is 7.87. The van der Waals surface area contributed by atoms with Gasteiger partial charge in [-0.2, -0.15) is 8.78 Å². The van der Waals surface area contributed by atoms with Gasteiger partial charge in [-0.3, -0.25) is 0 Å². The molecule has 2 fully saturated rings. The number of benzene rings is 2. The van der Waals surface area contributed by atoms with E-state index in [4.69, 9.17) is 16.3 Å². The van der Waals surface area contributed by atoms with E-state index in [0.717, 1.165) is 35.0 Å². The summed E-state index contributed by atoms with van der Waals surface area (Å²) < 4.78 is 32.6. The molecule has 2 atom stereocenters. The molecule has 0 amide bonds. The number of carboxylic acid groups (broad SMARTS) is 1. The zero-order valence-corrected chi connectivity index (χ0v) is 24.8. The van der Waals surface area contributed by atoms with E-state index in [-0.39, 0.29) is 59.6 Å². The topological polar surface area (TPSA) is 96.2 Å². The predicted octanol–water partition coefficient (Wildman–Crippen LogP) is 1.32. The third kappa shape index (κ3) is 5.54. The van der Waals surface area contributed by atoms with Crippen molar-refractivity contribution in [1.82, 2.24) is 19.5 Å². The predicted molar refractivity (Wildman–Crippen MR) is 140 cm³/mol. The van der Waals surface area contributed by atoms with Crippen molar-refractivity contribution in [3.63, 3.8) is 0 Å². The number of carboxylic acids is 1. The van der Waals surface area contributed by atoms with Crippen LogP contribution < -0.4 is 44.3 Å². The fourth-order valence-corrected chi connectivity index (χ4v) is 6.27. The maximum Gasteiger partial charge on any atom is 1.00 e. The molecule has 1 aliphatic heterocycles. The molecule has 40 heavy (non-hydrogen) atoms. The minimum absolute atomic E-state index is 0. The van der Waals surface area contributed by atoms with Crippen LogP contribution in [0, 0.1) is 24.7 Å². The van der Waals surface area contributed by atoms with Crippen LogP contribution in [-0.2, 0) is 11.3 Å². The van der Waals surface area contributed by atoms with E-state index in [1.807, 2.05) is 29.7 Å². The van der Waals surface area contributed by atoms with Crippen molar-refractivity contribution < 1.29 is 53.0 Å². The Morgan fingerprint density at radius 2 is 1.80 bits per heavy atom. The van der Waals surface area contributed by atoms with Crippen molar-refractivity contribution in [2.45, 2.75) is 32.9 Å². The van der Waals surface area contributed by atoms with Gasteiger partial charge in [-0.05, 0) is 67.5 Å². The van der Waals surface area contributed by atoms with Crippen molar-refractivity contribution in [2.75, 3.05) is 18.0 Å². The number of nitrogens with zero attached hydrogens (tertiary/aromatic N) is 5. The van der Waals surface area contributed by atoms with Crippen LogP contribution in [0.15, 0.2) is 48.8 Å². The Kier molecular flexibility index (Phi) is 8.33. The van der Waals surface area contributed by atoms with Gasteiger partial charge in [0.05, 0.1) is 17.6 Å². The third-order valence-corrected chi connectivity index (χ3v) is 8.10. The Labute approximate surface area is 256 Å². The number of aliphatic carboxylic acids is 1. The van der Waals surface area contributed by atoms with E-state index < -0.39 is 12.6 Å². The quantitative estimate of drug-likeness (QED) is 0.307. The number of hydrogen-bond acceptors (Lipinski definition) is 7. The monoisotopic (exact) mass is 575 g/mol. The number of aryl methyl sites for hydroxylation is 1. The Morgan fingerprint density at radius 1 is 1.10 bits per heavy atom. The number of ether oxygens (including phenoxy) is 1. The average Bonchev–Trinajstić information content (AvgIpc) is 3.37. The second-order valence-corrected chi connectivity index (χ2v) is 10.6. The summed E-state index contributed by atoms with van der Waals surface area (Å²) in [6.45, 7) is 0.371. The second kappa shape index (κ2) is 11.6. The molecule has 8 nitrogen and oxygen atoms in total. The van der Waals surface area contributed by atoms with Crippen LogP contribution in [0.1, 0.15) is 24.2 Å². The van der Waals surface area contributed by atoms with E-state index in [1.54, 1.807) is 18.5 Å². The van der Waals surface area contributed by atoms with E-state index in [9.17, 15) is 18.7 Å².